The lowest BCUT2D eigenvalue weighted by molar-refractivity contribution is 1.54. The molecule has 3 aromatic rings. The smallest absolute Gasteiger partial charge is 0.0831 e. The van der Waals surface area contributed by atoms with Crippen molar-refractivity contribution in [1.29, 1.82) is 0 Å². The van der Waals surface area contributed by atoms with E-state index in [1.54, 1.807) is 35.8 Å². The molecule has 0 fully saturated rings. The van der Waals surface area contributed by atoms with E-state index in [9.17, 15) is 0 Å². The second-order valence-corrected chi connectivity index (χ2v) is 6.44. The third kappa shape index (κ3) is 2.70. The lowest BCUT2D eigenvalue weighted by atomic mass is 10.2. The average Bonchev–Trinajstić information content (AvgIpc) is 2.77. The van der Waals surface area contributed by atoms with Gasteiger partial charge in [-0.05, 0) is 24.3 Å². The van der Waals surface area contributed by atoms with E-state index in [1.165, 1.54) is 0 Å². The predicted octanol–water partition coefficient (Wildman–Crippen LogP) is 6.61. The van der Waals surface area contributed by atoms with Crippen molar-refractivity contribution in [2.24, 2.45) is 4.99 Å². The molecule has 0 bridgehead atoms. The fraction of sp³-hybridized carbons (Fsp3) is 0. The molecule has 0 aliphatic carbocycles. The number of nitrogens with zero attached hydrogens (tertiary/aromatic N) is 1. The van der Waals surface area contributed by atoms with Crippen LogP contribution in [-0.2, 0) is 0 Å². The SMILES string of the molecule is Clc1ccc(Cl)c(N=Cc2sc3ccccc3c2Cl)c1. The molecule has 0 spiro atoms. The quantitative estimate of drug-likeness (QED) is 0.465. The van der Waals surface area contributed by atoms with Crippen LogP contribution < -0.4 is 0 Å². The Kier molecular flexibility index (Phi) is 3.99. The molecule has 0 atom stereocenters. The molecule has 0 saturated heterocycles. The van der Waals surface area contributed by atoms with E-state index >= 15 is 0 Å². The molecule has 0 amide bonds. The van der Waals surface area contributed by atoms with E-state index in [-0.39, 0.29) is 0 Å². The van der Waals surface area contributed by atoms with Crippen LogP contribution in [0.5, 0.6) is 0 Å². The van der Waals surface area contributed by atoms with Crippen LogP contribution in [0.3, 0.4) is 0 Å². The number of fused-ring (bicyclic) bond motifs is 1. The largest absolute Gasteiger partial charge is 0.254 e. The molecular formula is C15H8Cl3NS. The number of aliphatic imine (C=N–C) groups is 1. The first-order chi connectivity index (χ1) is 9.65. The monoisotopic (exact) mass is 339 g/mol. The Morgan fingerprint density at radius 2 is 1.80 bits per heavy atom. The van der Waals surface area contributed by atoms with Gasteiger partial charge in [-0.2, -0.15) is 0 Å². The molecule has 3 rings (SSSR count). The van der Waals surface area contributed by atoms with Crippen LogP contribution in [0.25, 0.3) is 10.1 Å². The molecule has 0 unspecified atom stereocenters. The summed E-state index contributed by atoms with van der Waals surface area (Å²) in [5.41, 5.74) is 0.632. The van der Waals surface area contributed by atoms with Gasteiger partial charge in [-0.25, -0.2) is 0 Å². The Morgan fingerprint density at radius 3 is 2.60 bits per heavy atom. The van der Waals surface area contributed by atoms with Gasteiger partial charge in [0.1, 0.15) is 0 Å². The third-order valence-electron chi connectivity index (χ3n) is 2.79. The highest BCUT2D eigenvalue weighted by Crippen LogP contribution is 2.35. The van der Waals surface area contributed by atoms with Crippen LogP contribution >= 0.6 is 46.1 Å². The second kappa shape index (κ2) is 5.74. The second-order valence-electron chi connectivity index (χ2n) is 4.13. The van der Waals surface area contributed by atoms with Gasteiger partial charge in [0.05, 0.1) is 20.6 Å². The number of rotatable bonds is 2. The number of hydrogen-bond donors (Lipinski definition) is 0. The molecule has 20 heavy (non-hydrogen) atoms. The summed E-state index contributed by atoms with van der Waals surface area (Å²) in [6.07, 6.45) is 1.73. The molecule has 0 radical (unpaired) electrons. The standard InChI is InChI=1S/C15H8Cl3NS/c16-9-5-6-11(17)12(7-9)19-8-14-15(18)10-3-1-2-4-13(10)20-14/h1-8H. The van der Waals surface area contributed by atoms with Crippen LogP contribution in [0, 0.1) is 0 Å². The van der Waals surface area contributed by atoms with Gasteiger partial charge in [0.15, 0.2) is 0 Å². The van der Waals surface area contributed by atoms with Gasteiger partial charge in [-0.1, -0.05) is 53.0 Å². The number of thiophene rings is 1. The minimum atomic E-state index is 0.558. The van der Waals surface area contributed by atoms with E-state index in [2.05, 4.69) is 4.99 Å². The molecule has 1 heterocycles. The fourth-order valence-corrected chi connectivity index (χ4v) is 3.52. The minimum absolute atomic E-state index is 0.558. The third-order valence-corrected chi connectivity index (χ3v) is 4.97. The fourth-order valence-electron chi connectivity index (χ4n) is 1.83. The Labute approximate surface area is 135 Å². The highest BCUT2D eigenvalue weighted by Gasteiger charge is 2.08. The minimum Gasteiger partial charge on any atom is -0.254 e. The molecule has 0 N–H and O–H groups in total. The zero-order valence-electron chi connectivity index (χ0n) is 10.1. The van der Waals surface area contributed by atoms with Crippen molar-refractivity contribution in [2.75, 3.05) is 0 Å². The normalized spacial score (nSPS) is 11.6. The lowest BCUT2D eigenvalue weighted by Crippen LogP contribution is -1.76. The summed E-state index contributed by atoms with van der Waals surface area (Å²) in [6.45, 7) is 0. The maximum absolute atomic E-state index is 6.35. The van der Waals surface area contributed by atoms with Crippen LogP contribution in [0.15, 0.2) is 47.5 Å². The summed E-state index contributed by atoms with van der Waals surface area (Å²) in [6, 6.07) is 13.2. The lowest BCUT2D eigenvalue weighted by Gasteiger charge is -1.97. The summed E-state index contributed by atoms with van der Waals surface area (Å²) in [5, 5.41) is 2.91. The van der Waals surface area contributed by atoms with Gasteiger partial charge >= 0.3 is 0 Å². The van der Waals surface area contributed by atoms with E-state index < -0.39 is 0 Å². The van der Waals surface area contributed by atoms with Crippen LogP contribution in [0.2, 0.25) is 15.1 Å². The van der Waals surface area contributed by atoms with Crippen molar-refractivity contribution < 1.29 is 0 Å². The molecule has 0 aliphatic rings. The Bertz CT molecular complexity index is 808. The number of halogens is 3. The van der Waals surface area contributed by atoms with Gasteiger partial charge in [0.2, 0.25) is 0 Å². The molecule has 100 valence electrons. The molecule has 5 heteroatoms. The van der Waals surface area contributed by atoms with E-state index in [1.807, 2.05) is 24.3 Å². The molecular weight excluding hydrogens is 333 g/mol. The maximum Gasteiger partial charge on any atom is 0.0831 e. The molecule has 1 aromatic heterocycles. The summed E-state index contributed by atoms with van der Waals surface area (Å²) in [7, 11) is 0. The maximum atomic E-state index is 6.35. The van der Waals surface area contributed by atoms with Crippen LogP contribution in [-0.4, -0.2) is 6.21 Å². The van der Waals surface area contributed by atoms with Crippen LogP contribution in [0.4, 0.5) is 5.69 Å². The van der Waals surface area contributed by atoms with Crippen molar-refractivity contribution in [3.8, 4) is 0 Å². The first-order valence-corrected chi connectivity index (χ1v) is 7.76. The first-order valence-electron chi connectivity index (χ1n) is 5.81. The molecule has 0 aliphatic heterocycles. The Balaban J connectivity index is 2.02. The Hall–Kier alpha value is -1.06. The van der Waals surface area contributed by atoms with Crippen molar-refractivity contribution in [3.05, 3.63) is 62.4 Å². The van der Waals surface area contributed by atoms with Gasteiger partial charge in [-0.3, -0.25) is 4.99 Å². The number of hydrogen-bond acceptors (Lipinski definition) is 2. The zero-order chi connectivity index (χ0) is 14.1. The van der Waals surface area contributed by atoms with Crippen molar-refractivity contribution >= 4 is 68.1 Å². The topological polar surface area (TPSA) is 12.4 Å². The summed E-state index contributed by atoms with van der Waals surface area (Å²) < 4.78 is 1.14. The molecule has 1 nitrogen and oxygen atoms in total. The summed E-state index contributed by atoms with van der Waals surface area (Å²) >= 11 is 20.0. The van der Waals surface area contributed by atoms with Gasteiger partial charge in [0, 0.05) is 21.3 Å². The van der Waals surface area contributed by atoms with Crippen LogP contribution in [0.1, 0.15) is 4.88 Å². The molecule has 2 aromatic carbocycles. The van der Waals surface area contributed by atoms with E-state index in [0.717, 1.165) is 15.0 Å². The predicted molar refractivity (Wildman–Crippen MR) is 90.6 cm³/mol. The first kappa shape index (κ1) is 13.9. The van der Waals surface area contributed by atoms with E-state index in [4.69, 9.17) is 34.8 Å². The summed E-state index contributed by atoms with van der Waals surface area (Å²) in [4.78, 5) is 5.28. The van der Waals surface area contributed by atoms with Crippen molar-refractivity contribution in [2.45, 2.75) is 0 Å². The Morgan fingerprint density at radius 1 is 1.00 bits per heavy atom. The van der Waals surface area contributed by atoms with Gasteiger partial charge in [-0.15, -0.1) is 11.3 Å². The van der Waals surface area contributed by atoms with Gasteiger partial charge in [0.25, 0.3) is 0 Å². The highest BCUT2D eigenvalue weighted by atomic mass is 35.5. The zero-order valence-corrected chi connectivity index (χ0v) is 13.2. The van der Waals surface area contributed by atoms with Gasteiger partial charge < -0.3 is 0 Å². The highest BCUT2D eigenvalue weighted by molar-refractivity contribution is 7.21. The van der Waals surface area contributed by atoms with Crippen molar-refractivity contribution in [3.63, 3.8) is 0 Å². The van der Waals surface area contributed by atoms with Crippen molar-refractivity contribution in [1.82, 2.24) is 0 Å². The molecule has 0 saturated carbocycles. The summed E-state index contributed by atoms with van der Waals surface area (Å²) in [5.74, 6) is 0. The van der Waals surface area contributed by atoms with E-state index in [0.29, 0.717) is 20.8 Å². The number of benzene rings is 2. The average molecular weight is 341 g/mol.